The monoisotopic (exact) mass is 154 g/mol. The van der Waals surface area contributed by atoms with Crippen LogP contribution in [0.5, 0.6) is 0 Å². The van der Waals surface area contributed by atoms with Crippen molar-refractivity contribution in [1.29, 1.82) is 0 Å². The van der Waals surface area contributed by atoms with Gasteiger partial charge in [-0.2, -0.15) is 0 Å². The van der Waals surface area contributed by atoms with E-state index in [0.717, 1.165) is 6.29 Å². The average molecular weight is 154 g/mol. The Balaban J connectivity index is 0. The fourth-order valence-corrected chi connectivity index (χ4v) is 0.534. The minimum absolute atomic E-state index is 0. The fourth-order valence-electron chi connectivity index (χ4n) is 0.534. The molecule has 0 fully saturated rings. The normalized spacial score (nSPS) is 6.73. The van der Waals surface area contributed by atoms with Crippen LogP contribution in [0.3, 0.4) is 0 Å². The lowest BCUT2D eigenvalue weighted by atomic mass is 10.2. The van der Waals surface area contributed by atoms with Gasteiger partial charge in [0, 0.05) is 0 Å². The molecule has 0 aliphatic rings. The van der Waals surface area contributed by atoms with E-state index in [2.05, 4.69) is 19.1 Å². The summed E-state index contributed by atoms with van der Waals surface area (Å²) < 4.78 is 0. The van der Waals surface area contributed by atoms with Crippen molar-refractivity contribution in [3.63, 3.8) is 0 Å². The number of rotatable bonds is 0. The second kappa shape index (κ2) is 8.85. The topological polar surface area (TPSA) is 48.6 Å². The third kappa shape index (κ3) is 8.85. The molecule has 0 radical (unpaired) electrons. The van der Waals surface area contributed by atoms with Gasteiger partial charge in [0.05, 0.1) is 0 Å². The number of hydrogen-bond acceptors (Lipinski definition) is 1. The molecule has 62 valence electrons. The molecule has 11 heavy (non-hydrogen) atoms. The van der Waals surface area contributed by atoms with Crippen LogP contribution in [0.15, 0.2) is 30.3 Å². The minimum Gasteiger partial charge on any atom is -0.412 e. The first-order valence-corrected chi connectivity index (χ1v) is 3.22. The molecule has 2 N–H and O–H groups in total. The molecule has 1 rings (SSSR count). The van der Waals surface area contributed by atoms with Crippen molar-refractivity contribution in [2.45, 2.75) is 13.8 Å². The zero-order valence-electron chi connectivity index (χ0n) is 6.87. The molecule has 0 spiro atoms. The summed E-state index contributed by atoms with van der Waals surface area (Å²) in [5.74, 6) is 0. The second-order valence-electron chi connectivity index (χ2n) is 1.89. The number of benzene rings is 1. The summed E-state index contributed by atoms with van der Waals surface area (Å²) in [5.41, 5.74) is 1.32. The van der Waals surface area contributed by atoms with Crippen molar-refractivity contribution in [2.24, 2.45) is 0 Å². The molecule has 0 saturated heterocycles. The van der Waals surface area contributed by atoms with Crippen molar-refractivity contribution in [2.75, 3.05) is 0 Å². The van der Waals surface area contributed by atoms with Crippen LogP contribution >= 0.6 is 0 Å². The number of carbonyl (C=O) groups excluding carboxylic acids is 1. The van der Waals surface area contributed by atoms with E-state index in [1.165, 1.54) is 12.5 Å². The molecule has 1 aromatic carbocycles. The third-order valence-corrected chi connectivity index (χ3v) is 0.940. The molecular formula is C9H14O2. The van der Waals surface area contributed by atoms with E-state index in [1.54, 1.807) is 0 Å². The Morgan fingerprint density at radius 3 is 1.73 bits per heavy atom. The van der Waals surface area contributed by atoms with Crippen LogP contribution in [-0.4, -0.2) is 11.8 Å². The quantitative estimate of drug-likeness (QED) is 0.521. The van der Waals surface area contributed by atoms with Crippen LogP contribution in [0.2, 0.25) is 0 Å². The van der Waals surface area contributed by atoms with Gasteiger partial charge in [-0.05, 0) is 13.8 Å². The molecule has 1 aromatic rings. The van der Waals surface area contributed by atoms with Crippen molar-refractivity contribution in [3.8, 4) is 0 Å². The number of carbonyl (C=O) groups is 1. The number of aldehydes is 1. The van der Waals surface area contributed by atoms with Gasteiger partial charge in [-0.15, -0.1) is 0 Å². The van der Waals surface area contributed by atoms with Crippen molar-refractivity contribution in [1.82, 2.24) is 0 Å². The van der Waals surface area contributed by atoms with Crippen molar-refractivity contribution >= 4 is 6.29 Å². The van der Waals surface area contributed by atoms with Crippen molar-refractivity contribution in [3.05, 3.63) is 35.9 Å². The number of hydrogen-bond donors (Lipinski definition) is 0. The van der Waals surface area contributed by atoms with Crippen LogP contribution in [0.4, 0.5) is 0 Å². The lowest BCUT2D eigenvalue weighted by Gasteiger charge is -1.82. The first-order valence-electron chi connectivity index (χ1n) is 3.22. The Morgan fingerprint density at radius 2 is 1.55 bits per heavy atom. The van der Waals surface area contributed by atoms with Crippen LogP contribution in [0, 0.1) is 6.92 Å². The van der Waals surface area contributed by atoms with Gasteiger partial charge in [-0.3, -0.25) is 0 Å². The van der Waals surface area contributed by atoms with E-state index >= 15 is 0 Å². The first-order chi connectivity index (χ1) is 4.81. The Labute approximate surface area is 67.2 Å². The molecule has 0 atom stereocenters. The van der Waals surface area contributed by atoms with E-state index in [-0.39, 0.29) is 5.48 Å². The first kappa shape index (κ1) is 12.5. The Bertz CT molecular complexity index is 170. The Morgan fingerprint density at radius 1 is 1.18 bits per heavy atom. The molecule has 0 unspecified atom stereocenters. The van der Waals surface area contributed by atoms with E-state index in [1.807, 2.05) is 18.2 Å². The van der Waals surface area contributed by atoms with Crippen LogP contribution < -0.4 is 0 Å². The molecular weight excluding hydrogens is 140 g/mol. The SMILES string of the molecule is CC=O.Cc1ccccc1.O. The zero-order chi connectivity index (χ0) is 7.82. The predicted octanol–water partition coefficient (Wildman–Crippen LogP) is 1.38. The average Bonchev–Trinajstić information content (AvgIpc) is 1.91. The van der Waals surface area contributed by atoms with Crippen LogP contribution in [0.1, 0.15) is 12.5 Å². The molecule has 0 saturated carbocycles. The summed E-state index contributed by atoms with van der Waals surface area (Å²) in [6.45, 7) is 3.53. The van der Waals surface area contributed by atoms with Crippen molar-refractivity contribution < 1.29 is 10.3 Å². The van der Waals surface area contributed by atoms with Gasteiger partial charge in [0.25, 0.3) is 0 Å². The Hall–Kier alpha value is -1.15. The lowest BCUT2D eigenvalue weighted by Crippen LogP contribution is -1.62. The van der Waals surface area contributed by atoms with Gasteiger partial charge in [0.2, 0.25) is 0 Å². The molecule has 0 heterocycles. The maximum atomic E-state index is 8.81. The summed E-state index contributed by atoms with van der Waals surface area (Å²) in [5, 5.41) is 0. The smallest absolute Gasteiger partial charge is 0.116 e. The summed E-state index contributed by atoms with van der Waals surface area (Å²) in [7, 11) is 0. The summed E-state index contributed by atoms with van der Waals surface area (Å²) in [4.78, 5) is 8.81. The van der Waals surface area contributed by atoms with Crippen LogP contribution in [0.25, 0.3) is 0 Å². The van der Waals surface area contributed by atoms with E-state index < -0.39 is 0 Å². The van der Waals surface area contributed by atoms with Gasteiger partial charge in [0.1, 0.15) is 6.29 Å². The van der Waals surface area contributed by atoms with Gasteiger partial charge < -0.3 is 10.3 Å². The van der Waals surface area contributed by atoms with E-state index in [0.29, 0.717) is 0 Å². The number of aryl methyl sites for hydroxylation is 1. The molecule has 0 bridgehead atoms. The molecule has 0 aliphatic carbocycles. The molecule has 2 heteroatoms. The molecule has 0 aliphatic heterocycles. The fraction of sp³-hybridized carbons (Fsp3) is 0.222. The summed E-state index contributed by atoms with van der Waals surface area (Å²) in [6.07, 6.45) is 0.750. The third-order valence-electron chi connectivity index (χ3n) is 0.940. The maximum Gasteiger partial charge on any atom is 0.116 e. The molecule has 0 amide bonds. The standard InChI is InChI=1S/C7H8.C2H4O.H2O/c1-7-5-3-2-4-6-7;1-2-3;/h2-6H,1H3;2H,1H3;1H2. The van der Waals surface area contributed by atoms with Gasteiger partial charge in [0.15, 0.2) is 0 Å². The van der Waals surface area contributed by atoms with Gasteiger partial charge >= 0.3 is 0 Å². The lowest BCUT2D eigenvalue weighted by molar-refractivity contribution is -0.106. The highest BCUT2D eigenvalue weighted by Crippen LogP contribution is 1.92. The Kier molecular flexibility index (Phi) is 10.1. The highest BCUT2D eigenvalue weighted by molar-refractivity contribution is 5.44. The summed E-state index contributed by atoms with van der Waals surface area (Å²) >= 11 is 0. The molecule has 2 nitrogen and oxygen atoms in total. The second-order valence-corrected chi connectivity index (χ2v) is 1.89. The van der Waals surface area contributed by atoms with Gasteiger partial charge in [-0.1, -0.05) is 35.9 Å². The molecule has 0 aromatic heterocycles. The van der Waals surface area contributed by atoms with E-state index in [9.17, 15) is 0 Å². The largest absolute Gasteiger partial charge is 0.412 e. The zero-order valence-corrected chi connectivity index (χ0v) is 6.87. The maximum absolute atomic E-state index is 8.81. The minimum atomic E-state index is 0. The van der Waals surface area contributed by atoms with Crippen LogP contribution in [-0.2, 0) is 4.79 Å². The van der Waals surface area contributed by atoms with E-state index in [4.69, 9.17) is 4.79 Å². The highest BCUT2D eigenvalue weighted by Gasteiger charge is 1.72. The van der Waals surface area contributed by atoms with Gasteiger partial charge in [-0.25, -0.2) is 0 Å². The predicted molar refractivity (Wildman–Crippen MR) is 46.5 cm³/mol. The highest BCUT2D eigenvalue weighted by atomic mass is 16.1. The summed E-state index contributed by atoms with van der Waals surface area (Å²) in [6, 6.07) is 10.3.